The quantitative estimate of drug-likeness (QED) is 0.410. The minimum Gasteiger partial charge on any atom is -0.444 e. The number of rotatable bonds is 6. The molecule has 1 heterocycles. The highest BCUT2D eigenvalue weighted by Crippen LogP contribution is 2.34. The minimum absolute atomic E-state index is 0.162. The lowest BCUT2D eigenvalue weighted by atomic mass is 10.2. The van der Waals surface area contributed by atoms with Crippen molar-refractivity contribution in [2.75, 3.05) is 13.6 Å². The summed E-state index contributed by atoms with van der Waals surface area (Å²) in [7, 11) is 1.54. The van der Waals surface area contributed by atoms with E-state index in [1.165, 1.54) is 36.4 Å². The van der Waals surface area contributed by atoms with Crippen molar-refractivity contribution in [1.29, 1.82) is 0 Å². The van der Waals surface area contributed by atoms with Crippen LogP contribution in [0.15, 0.2) is 29.5 Å². The Morgan fingerprint density at radius 2 is 1.90 bits per heavy atom. The van der Waals surface area contributed by atoms with Crippen LogP contribution in [0.25, 0.3) is 5.57 Å². The van der Waals surface area contributed by atoms with Gasteiger partial charge in [-0.2, -0.15) is 0 Å². The Labute approximate surface area is 177 Å². The number of alkyl carbamates (subject to hydrolysis) is 1. The van der Waals surface area contributed by atoms with Crippen LogP contribution in [0.1, 0.15) is 55.6 Å². The van der Waals surface area contributed by atoms with Crippen molar-refractivity contribution < 1.29 is 14.3 Å². The molecule has 29 heavy (non-hydrogen) atoms. The molecule has 0 fully saturated rings. The fourth-order valence-corrected chi connectivity index (χ4v) is 2.86. The Bertz CT molecular complexity index is 746. The van der Waals surface area contributed by atoms with E-state index in [4.69, 9.17) is 16.2 Å². The summed E-state index contributed by atoms with van der Waals surface area (Å²) >= 11 is 1.24. The maximum Gasteiger partial charge on any atom is 0.407 e. The van der Waals surface area contributed by atoms with E-state index >= 15 is 0 Å². The Kier molecular flexibility index (Phi) is 12.1. The summed E-state index contributed by atoms with van der Waals surface area (Å²) in [5.41, 5.74) is 11.6. The summed E-state index contributed by atoms with van der Waals surface area (Å²) in [5, 5.41) is 5.14. The number of carbonyl (C=O) groups is 2. The van der Waals surface area contributed by atoms with Crippen molar-refractivity contribution in [3.05, 3.63) is 34.3 Å². The highest BCUT2D eigenvalue weighted by Gasteiger charge is 2.17. The summed E-state index contributed by atoms with van der Waals surface area (Å²) in [6.07, 6.45) is 6.61. The summed E-state index contributed by atoms with van der Waals surface area (Å²) in [6.45, 7) is 9.75. The Morgan fingerprint density at radius 1 is 1.28 bits per heavy atom. The predicted molar refractivity (Wildman–Crippen MR) is 122 cm³/mol. The maximum absolute atomic E-state index is 12.1. The number of nitrogens with one attached hydrogen (secondary N) is 2. The van der Waals surface area contributed by atoms with Crippen LogP contribution in [0.3, 0.4) is 0 Å². The molecule has 1 aromatic rings. The van der Waals surface area contributed by atoms with Crippen molar-refractivity contribution in [3.8, 4) is 0 Å². The highest BCUT2D eigenvalue weighted by molar-refractivity contribution is 7.15. The summed E-state index contributed by atoms with van der Waals surface area (Å²) in [6, 6.07) is 1.73. The Morgan fingerprint density at radius 3 is 2.38 bits per heavy atom. The van der Waals surface area contributed by atoms with Crippen molar-refractivity contribution in [2.24, 2.45) is 16.5 Å². The summed E-state index contributed by atoms with van der Waals surface area (Å²) in [5.74, 6) is -0.262. The molecule has 6 N–H and O–H groups in total. The number of carbonyl (C=O) groups excluding carboxylic acids is 2. The first kappa shape index (κ1) is 26.2. The molecule has 0 saturated heterocycles. The number of ether oxygens (including phenoxy) is 1. The lowest BCUT2D eigenvalue weighted by Crippen LogP contribution is -2.33. The second kappa shape index (κ2) is 13.4. The van der Waals surface area contributed by atoms with E-state index in [9.17, 15) is 9.59 Å². The van der Waals surface area contributed by atoms with Crippen molar-refractivity contribution in [1.82, 2.24) is 10.6 Å². The first-order valence-corrected chi connectivity index (χ1v) is 10.1. The largest absolute Gasteiger partial charge is 0.444 e. The third-order valence-corrected chi connectivity index (χ3v) is 4.02. The van der Waals surface area contributed by atoms with Crippen molar-refractivity contribution in [3.63, 3.8) is 0 Å². The molecule has 2 amide bonds. The molecule has 0 radical (unpaired) electrons. The predicted octanol–water partition coefficient (Wildman–Crippen LogP) is 3.52. The normalized spacial score (nSPS) is 11.9. The molecule has 8 nitrogen and oxygen atoms in total. The average Bonchev–Trinajstić information content (AvgIpc) is 3.05. The molecule has 1 rings (SSSR count). The van der Waals surface area contributed by atoms with E-state index in [2.05, 4.69) is 29.5 Å². The monoisotopic (exact) mass is 423 g/mol. The number of nitrogens with two attached hydrogens (primary N) is 2. The second-order valence-electron chi connectivity index (χ2n) is 6.79. The number of hydrogen-bond acceptors (Lipinski definition) is 7. The van der Waals surface area contributed by atoms with Gasteiger partial charge in [-0.3, -0.25) is 9.79 Å². The molecule has 0 atom stereocenters. The van der Waals surface area contributed by atoms with E-state index in [-0.39, 0.29) is 12.5 Å². The van der Waals surface area contributed by atoms with Gasteiger partial charge >= 0.3 is 6.09 Å². The maximum atomic E-state index is 12.1. The fourth-order valence-electron chi connectivity index (χ4n) is 1.81. The van der Waals surface area contributed by atoms with Gasteiger partial charge in [-0.1, -0.05) is 20.3 Å². The number of aliphatic imine (C=N–C) groups is 1. The van der Waals surface area contributed by atoms with Gasteiger partial charge in [-0.25, -0.2) is 4.79 Å². The van der Waals surface area contributed by atoms with Crippen molar-refractivity contribution in [2.45, 2.75) is 46.6 Å². The van der Waals surface area contributed by atoms with E-state index in [0.29, 0.717) is 16.1 Å². The third kappa shape index (κ3) is 10.3. The van der Waals surface area contributed by atoms with E-state index in [0.717, 1.165) is 4.88 Å². The van der Waals surface area contributed by atoms with Gasteiger partial charge in [0.05, 0.1) is 12.2 Å². The number of hydrogen-bond donors (Lipinski definition) is 4. The van der Waals surface area contributed by atoms with Crippen LogP contribution in [0.2, 0.25) is 0 Å². The topological polar surface area (TPSA) is 132 Å². The van der Waals surface area contributed by atoms with Gasteiger partial charge in [0.1, 0.15) is 10.5 Å². The smallest absolute Gasteiger partial charge is 0.407 e. The standard InChI is InChI=1S/C17H25N5O3S.C3H8/c1-17(2,3)25-16(24)22-8-7-21-12-9-13(11(10-19)5-6-18)26-14(12)15(23)20-4;1-3-2/h5-7,9-10H,8,18-19H2,1-4H3,(H,20,23)(H,22,24);3H2,1-2H3/b6-5-,11-10+,21-7?;. The van der Waals surface area contributed by atoms with Crippen LogP contribution in [-0.2, 0) is 4.74 Å². The summed E-state index contributed by atoms with van der Waals surface area (Å²) < 4.78 is 5.13. The molecule has 0 aromatic carbocycles. The van der Waals surface area contributed by atoms with Gasteiger partial charge in [0.25, 0.3) is 5.91 Å². The minimum atomic E-state index is -0.572. The SMILES string of the molecule is CCC.CNC(=O)c1sc(C(/C=C\N)=C/N)cc1N=CCNC(=O)OC(C)(C)C. The molecule has 0 aliphatic carbocycles. The van der Waals surface area contributed by atoms with Crippen LogP contribution in [-0.4, -0.2) is 37.4 Å². The first-order chi connectivity index (χ1) is 13.6. The van der Waals surface area contributed by atoms with Crippen LogP contribution >= 0.6 is 11.3 Å². The molecule has 162 valence electrons. The van der Waals surface area contributed by atoms with Crippen LogP contribution in [0.4, 0.5) is 10.5 Å². The molecule has 0 saturated carbocycles. The molecule has 9 heteroatoms. The van der Waals surface area contributed by atoms with Crippen molar-refractivity contribution >= 4 is 40.8 Å². The van der Waals surface area contributed by atoms with Gasteiger partial charge in [0, 0.05) is 29.9 Å². The molecule has 1 aromatic heterocycles. The Balaban J connectivity index is 0.00000245. The second-order valence-corrected chi connectivity index (χ2v) is 7.84. The van der Waals surface area contributed by atoms with Gasteiger partial charge in [-0.05, 0) is 39.1 Å². The summed E-state index contributed by atoms with van der Waals surface area (Å²) in [4.78, 5) is 29.1. The number of thiophene rings is 1. The molecular weight excluding hydrogens is 390 g/mol. The number of nitrogens with zero attached hydrogens (tertiary/aromatic N) is 1. The molecular formula is C20H33N5O3S. The molecule has 0 aliphatic heterocycles. The van der Waals surface area contributed by atoms with Gasteiger partial charge in [0.15, 0.2) is 0 Å². The van der Waals surface area contributed by atoms with E-state index in [1.807, 2.05) is 0 Å². The van der Waals surface area contributed by atoms with Crippen LogP contribution in [0, 0.1) is 0 Å². The number of allylic oxidation sites excluding steroid dienone is 2. The first-order valence-electron chi connectivity index (χ1n) is 9.29. The third-order valence-electron chi connectivity index (χ3n) is 2.85. The lowest BCUT2D eigenvalue weighted by Gasteiger charge is -2.19. The molecule has 0 aliphatic rings. The van der Waals surface area contributed by atoms with Crippen LogP contribution in [0.5, 0.6) is 0 Å². The van der Waals surface area contributed by atoms with Gasteiger partial charge in [0.2, 0.25) is 0 Å². The van der Waals surface area contributed by atoms with Gasteiger partial charge < -0.3 is 26.8 Å². The molecule has 0 bridgehead atoms. The van der Waals surface area contributed by atoms with Crippen LogP contribution < -0.4 is 22.1 Å². The average molecular weight is 424 g/mol. The van der Waals surface area contributed by atoms with E-state index < -0.39 is 11.7 Å². The molecule has 0 unspecified atom stereocenters. The molecule has 0 spiro atoms. The number of amides is 2. The zero-order valence-electron chi connectivity index (χ0n) is 18.0. The lowest BCUT2D eigenvalue weighted by molar-refractivity contribution is 0.0536. The highest BCUT2D eigenvalue weighted by atomic mass is 32.1. The zero-order valence-corrected chi connectivity index (χ0v) is 18.9. The van der Waals surface area contributed by atoms with Gasteiger partial charge in [-0.15, -0.1) is 11.3 Å². The fraction of sp³-hybridized carbons (Fsp3) is 0.450. The van der Waals surface area contributed by atoms with E-state index in [1.54, 1.807) is 40.0 Å². The Hall–Kier alpha value is -2.81. The zero-order chi connectivity index (χ0) is 22.4.